The van der Waals surface area contributed by atoms with Crippen molar-refractivity contribution in [2.75, 3.05) is 6.54 Å². The Morgan fingerprint density at radius 1 is 1.25 bits per heavy atom. The van der Waals surface area contributed by atoms with Crippen LogP contribution in [0.4, 0.5) is 0 Å². The summed E-state index contributed by atoms with van der Waals surface area (Å²) in [6.45, 7) is 11.8. The second-order valence-corrected chi connectivity index (χ2v) is 5.40. The van der Waals surface area contributed by atoms with Crippen molar-refractivity contribution in [3.63, 3.8) is 0 Å². The van der Waals surface area contributed by atoms with E-state index >= 15 is 0 Å². The van der Waals surface area contributed by atoms with E-state index in [2.05, 4.69) is 30.1 Å². The summed E-state index contributed by atoms with van der Waals surface area (Å²) in [5.41, 5.74) is 1.16. The standard InChI is InChI=1S/C16H16ClN3/c1-10-5-6-13(17)16-12(3)20(11(2)15(10)16)9-14-18-7-4-8-19-14/h5-7H,2-4,8-9H2,1H3. The van der Waals surface area contributed by atoms with Crippen LogP contribution in [-0.2, 0) is 6.54 Å². The molecule has 1 aromatic carbocycles. The van der Waals surface area contributed by atoms with Crippen LogP contribution in [0.1, 0.15) is 12.0 Å². The van der Waals surface area contributed by atoms with Gasteiger partial charge in [0.1, 0.15) is 5.84 Å². The van der Waals surface area contributed by atoms with E-state index in [0.717, 1.165) is 45.8 Å². The van der Waals surface area contributed by atoms with E-state index in [-0.39, 0.29) is 0 Å². The van der Waals surface area contributed by atoms with Crippen molar-refractivity contribution >= 4 is 47.6 Å². The smallest absolute Gasteiger partial charge is 0.142 e. The third-order valence-electron chi connectivity index (χ3n) is 3.68. The molecular weight excluding hydrogens is 270 g/mol. The largest absolute Gasteiger partial charge is 0.334 e. The molecule has 0 saturated carbocycles. The van der Waals surface area contributed by atoms with E-state index in [9.17, 15) is 0 Å². The molecule has 2 heterocycles. The van der Waals surface area contributed by atoms with Crippen LogP contribution in [0.15, 0.2) is 22.1 Å². The quantitative estimate of drug-likeness (QED) is 0.810. The zero-order chi connectivity index (χ0) is 14.3. The van der Waals surface area contributed by atoms with Gasteiger partial charge in [-0.1, -0.05) is 30.8 Å². The predicted molar refractivity (Wildman–Crippen MR) is 87.4 cm³/mol. The van der Waals surface area contributed by atoms with Crippen LogP contribution in [0.25, 0.3) is 23.9 Å². The molecule has 1 aliphatic rings. The fourth-order valence-corrected chi connectivity index (χ4v) is 2.92. The normalized spacial score (nSPS) is 14.8. The summed E-state index contributed by atoms with van der Waals surface area (Å²) in [4.78, 5) is 8.77. The number of aryl methyl sites for hydroxylation is 1. The molecule has 20 heavy (non-hydrogen) atoms. The highest BCUT2D eigenvalue weighted by atomic mass is 35.5. The van der Waals surface area contributed by atoms with Crippen LogP contribution in [0.2, 0.25) is 5.02 Å². The molecule has 4 heteroatoms. The van der Waals surface area contributed by atoms with Crippen molar-refractivity contribution in [2.24, 2.45) is 9.98 Å². The lowest BCUT2D eigenvalue weighted by molar-refractivity contribution is 0.799. The van der Waals surface area contributed by atoms with Crippen LogP contribution >= 0.6 is 11.6 Å². The summed E-state index contributed by atoms with van der Waals surface area (Å²) < 4.78 is 2.05. The Balaban J connectivity index is 2.22. The molecule has 0 radical (unpaired) electrons. The lowest BCUT2D eigenvalue weighted by atomic mass is 10.1. The highest BCUT2D eigenvalue weighted by Gasteiger charge is 2.12. The molecular formula is C16H16ClN3. The van der Waals surface area contributed by atoms with E-state index in [1.165, 1.54) is 0 Å². The van der Waals surface area contributed by atoms with E-state index in [0.29, 0.717) is 11.6 Å². The minimum atomic E-state index is 0.596. The summed E-state index contributed by atoms with van der Waals surface area (Å²) in [7, 11) is 0. The number of nitrogens with zero attached hydrogens (tertiary/aromatic N) is 3. The van der Waals surface area contributed by atoms with Gasteiger partial charge < -0.3 is 4.57 Å². The Hall–Kier alpha value is -1.87. The number of hydrogen-bond donors (Lipinski definition) is 0. The second-order valence-electron chi connectivity index (χ2n) is 4.99. The molecule has 1 aromatic heterocycles. The van der Waals surface area contributed by atoms with Crippen LogP contribution in [0.3, 0.4) is 0 Å². The Labute approximate surface area is 122 Å². The Bertz CT molecular complexity index is 790. The van der Waals surface area contributed by atoms with Crippen molar-refractivity contribution in [3.05, 3.63) is 33.4 Å². The van der Waals surface area contributed by atoms with E-state index < -0.39 is 0 Å². The fourth-order valence-electron chi connectivity index (χ4n) is 2.65. The monoisotopic (exact) mass is 285 g/mol. The molecule has 0 spiro atoms. The van der Waals surface area contributed by atoms with Gasteiger partial charge in [0, 0.05) is 40.7 Å². The molecule has 0 aliphatic carbocycles. The van der Waals surface area contributed by atoms with Gasteiger partial charge in [-0.15, -0.1) is 0 Å². The Morgan fingerprint density at radius 3 is 2.65 bits per heavy atom. The van der Waals surface area contributed by atoms with Crippen molar-refractivity contribution in [3.8, 4) is 0 Å². The van der Waals surface area contributed by atoms with Gasteiger partial charge >= 0.3 is 0 Å². The maximum Gasteiger partial charge on any atom is 0.142 e. The summed E-state index contributed by atoms with van der Waals surface area (Å²) in [6, 6.07) is 3.92. The minimum Gasteiger partial charge on any atom is -0.334 e. The molecule has 1 aliphatic heterocycles. The predicted octanol–water partition coefficient (Wildman–Crippen LogP) is 2.30. The van der Waals surface area contributed by atoms with Gasteiger partial charge in [0.2, 0.25) is 0 Å². The average Bonchev–Trinajstić information content (AvgIpc) is 2.70. The van der Waals surface area contributed by atoms with Crippen molar-refractivity contribution in [1.82, 2.24) is 4.57 Å². The van der Waals surface area contributed by atoms with Crippen molar-refractivity contribution in [1.29, 1.82) is 0 Å². The highest BCUT2D eigenvalue weighted by molar-refractivity contribution is 6.35. The second kappa shape index (κ2) is 4.91. The molecule has 0 atom stereocenters. The summed E-state index contributed by atoms with van der Waals surface area (Å²) in [5, 5.41) is 4.59. The summed E-state index contributed by atoms with van der Waals surface area (Å²) in [5.74, 6) is 0.820. The number of aliphatic imine (C=N–C) groups is 2. The molecule has 0 N–H and O–H groups in total. The Kier molecular flexibility index (Phi) is 3.22. The molecule has 0 unspecified atom stereocenters. The number of rotatable bonds is 2. The third kappa shape index (κ3) is 1.98. The number of aromatic nitrogens is 1. The third-order valence-corrected chi connectivity index (χ3v) is 4.00. The average molecular weight is 286 g/mol. The number of benzene rings is 1. The lowest BCUT2D eigenvalue weighted by Gasteiger charge is -2.07. The highest BCUT2D eigenvalue weighted by Crippen LogP contribution is 2.21. The first kappa shape index (κ1) is 13.1. The first-order valence-electron chi connectivity index (χ1n) is 6.60. The number of halogens is 1. The van der Waals surface area contributed by atoms with Gasteiger partial charge in [-0.2, -0.15) is 0 Å². The number of hydrogen-bond acceptors (Lipinski definition) is 2. The minimum absolute atomic E-state index is 0.596. The lowest BCUT2D eigenvalue weighted by Crippen LogP contribution is -2.29. The van der Waals surface area contributed by atoms with E-state index in [4.69, 9.17) is 11.6 Å². The maximum atomic E-state index is 6.32. The van der Waals surface area contributed by atoms with Gasteiger partial charge in [0.05, 0.1) is 11.6 Å². The fraction of sp³-hybridized carbons (Fsp3) is 0.250. The first-order chi connectivity index (χ1) is 9.59. The molecule has 3 nitrogen and oxygen atoms in total. The zero-order valence-corrected chi connectivity index (χ0v) is 12.2. The number of fused-ring (bicyclic) bond motifs is 1. The molecule has 0 fully saturated rings. The van der Waals surface area contributed by atoms with Crippen molar-refractivity contribution < 1.29 is 0 Å². The van der Waals surface area contributed by atoms with Gasteiger partial charge in [0.15, 0.2) is 0 Å². The topological polar surface area (TPSA) is 29.6 Å². The first-order valence-corrected chi connectivity index (χ1v) is 6.98. The van der Waals surface area contributed by atoms with Crippen LogP contribution in [0, 0.1) is 6.92 Å². The summed E-state index contributed by atoms with van der Waals surface area (Å²) >= 11 is 6.32. The molecule has 0 bridgehead atoms. The van der Waals surface area contributed by atoms with Crippen LogP contribution in [-0.4, -0.2) is 23.2 Å². The zero-order valence-electron chi connectivity index (χ0n) is 11.5. The van der Waals surface area contributed by atoms with Gasteiger partial charge in [-0.05, 0) is 18.6 Å². The van der Waals surface area contributed by atoms with Crippen molar-refractivity contribution in [2.45, 2.75) is 19.9 Å². The number of amidine groups is 1. The van der Waals surface area contributed by atoms with Gasteiger partial charge in [-0.25, -0.2) is 4.99 Å². The van der Waals surface area contributed by atoms with E-state index in [1.54, 1.807) is 0 Å². The maximum absolute atomic E-state index is 6.32. The van der Waals surface area contributed by atoms with Gasteiger partial charge in [-0.3, -0.25) is 4.99 Å². The Morgan fingerprint density at radius 2 is 2.00 bits per heavy atom. The SMILES string of the molecule is C=c1c2c(C)ccc(Cl)c2c(=C)n1CC1=NCCC=N1. The van der Waals surface area contributed by atoms with E-state index in [1.807, 2.05) is 22.9 Å². The molecule has 0 amide bonds. The summed E-state index contributed by atoms with van der Waals surface area (Å²) in [6.07, 6.45) is 2.83. The molecule has 0 saturated heterocycles. The van der Waals surface area contributed by atoms with Gasteiger partial charge in [0.25, 0.3) is 0 Å². The molecule has 2 aromatic rings. The molecule has 102 valence electrons. The van der Waals surface area contributed by atoms with Crippen LogP contribution in [0.5, 0.6) is 0 Å². The van der Waals surface area contributed by atoms with Crippen LogP contribution < -0.4 is 10.7 Å². The molecule has 3 rings (SSSR count).